The Labute approximate surface area is 245 Å². The molecule has 0 saturated carbocycles. The number of carbonyl (C=O) groups is 3. The van der Waals surface area contributed by atoms with Crippen LogP contribution in [0.1, 0.15) is 52.1 Å². The Morgan fingerprint density at radius 1 is 0.952 bits per heavy atom. The van der Waals surface area contributed by atoms with Crippen LogP contribution in [-0.2, 0) is 33.3 Å². The van der Waals surface area contributed by atoms with Gasteiger partial charge in [0, 0.05) is 13.0 Å². The molecular weight excluding hydrogens is 558 g/mol. The molecule has 0 bridgehead atoms. The molecule has 238 valence electrons. The molecule has 0 spiro atoms. The van der Waals surface area contributed by atoms with Gasteiger partial charge in [-0.3, -0.25) is 19.7 Å². The number of hydrogen-bond donors (Lipinski definition) is 2. The number of ether oxygens (including phenoxy) is 7. The van der Waals surface area contributed by atoms with Crippen molar-refractivity contribution in [1.29, 1.82) is 0 Å². The van der Waals surface area contributed by atoms with E-state index >= 15 is 0 Å². The Kier molecular flexibility index (Phi) is 16.8. The van der Waals surface area contributed by atoms with Crippen LogP contribution in [0, 0.1) is 10.1 Å². The van der Waals surface area contributed by atoms with Crippen molar-refractivity contribution in [1.82, 2.24) is 10.6 Å². The van der Waals surface area contributed by atoms with Gasteiger partial charge in [-0.05, 0) is 40.2 Å². The largest absolute Gasteiger partial charge is 0.493 e. The van der Waals surface area contributed by atoms with E-state index < -0.39 is 28.6 Å². The molecule has 0 radical (unpaired) electrons. The fourth-order valence-corrected chi connectivity index (χ4v) is 3.35. The Morgan fingerprint density at radius 3 is 2.19 bits per heavy atom. The Balaban J connectivity index is 2.38. The Morgan fingerprint density at radius 2 is 1.60 bits per heavy atom. The summed E-state index contributed by atoms with van der Waals surface area (Å²) in [5.41, 5.74) is -0.604. The molecule has 0 heterocycles. The molecule has 1 aromatic rings. The topological polar surface area (TPSA) is 183 Å². The van der Waals surface area contributed by atoms with Crippen molar-refractivity contribution in [3.63, 3.8) is 0 Å². The van der Waals surface area contributed by atoms with E-state index in [-0.39, 0.29) is 61.6 Å². The van der Waals surface area contributed by atoms with Gasteiger partial charge < -0.3 is 43.8 Å². The van der Waals surface area contributed by atoms with E-state index in [1.165, 1.54) is 26.4 Å². The third-order valence-electron chi connectivity index (χ3n) is 5.26. The summed E-state index contributed by atoms with van der Waals surface area (Å²) in [7, 11) is 2.67. The number of hydrogen-bond acceptors (Lipinski definition) is 12. The molecule has 0 aliphatic rings. The third kappa shape index (κ3) is 15.3. The minimum atomic E-state index is -0.734. The second-order valence-corrected chi connectivity index (χ2v) is 9.84. The van der Waals surface area contributed by atoms with Crippen molar-refractivity contribution in [2.45, 2.75) is 52.2 Å². The molecule has 1 rings (SSSR count). The molecule has 2 amide bonds. The van der Waals surface area contributed by atoms with Gasteiger partial charge >= 0.3 is 12.1 Å². The summed E-state index contributed by atoms with van der Waals surface area (Å²) >= 11 is 0. The number of benzene rings is 1. The molecule has 15 nitrogen and oxygen atoms in total. The van der Waals surface area contributed by atoms with Crippen molar-refractivity contribution in [2.24, 2.45) is 0 Å². The fourth-order valence-electron chi connectivity index (χ4n) is 3.35. The van der Waals surface area contributed by atoms with Crippen LogP contribution in [-0.4, -0.2) is 95.5 Å². The quantitative estimate of drug-likeness (QED) is 0.0966. The molecule has 1 atom stereocenters. The van der Waals surface area contributed by atoms with Gasteiger partial charge in [-0.15, -0.1) is 0 Å². The van der Waals surface area contributed by atoms with E-state index in [4.69, 9.17) is 28.4 Å². The minimum absolute atomic E-state index is 0.121. The first-order valence-electron chi connectivity index (χ1n) is 13.4. The molecule has 0 aromatic heterocycles. The van der Waals surface area contributed by atoms with Crippen molar-refractivity contribution in [3.8, 4) is 11.5 Å². The van der Waals surface area contributed by atoms with Crippen LogP contribution in [0.2, 0.25) is 0 Å². The summed E-state index contributed by atoms with van der Waals surface area (Å²) in [5, 5.41) is 17.0. The van der Waals surface area contributed by atoms with Crippen molar-refractivity contribution >= 4 is 23.7 Å². The number of rotatable bonds is 20. The number of amides is 2. The maximum atomic E-state index is 12.3. The molecular formula is C27H43N3O12. The average Bonchev–Trinajstić information content (AvgIpc) is 2.92. The highest BCUT2D eigenvalue weighted by Crippen LogP contribution is 2.37. The number of methoxy groups -OCH3 is 2. The van der Waals surface area contributed by atoms with Crippen LogP contribution < -0.4 is 20.1 Å². The van der Waals surface area contributed by atoms with Crippen molar-refractivity contribution in [3.05, 3.63) is 27.8 Å². The number of carbonyl (C=O) groups excluding carboxylic acids is 3. The van der Waals surface area contributed by atoms with E-state index in [9.17, 15) is 24.5 Å². The summed E-state index contributed by atoms with van der Waals surface area (Å²) in [6, 6.07) is 1.93. The smallest absolute Gasteiger partial charge is 0.407 e. The van der Waals surface area contributed by atoms with Crippen LogP contribution >= 0.6 is 0 Å². The predicted octanol–water partition coefficient (Wildman–Crippen LogP) is 2.69. The van der Waals surface area contributed by atoms with Crippen LogP contribution in [0.25, 0.3) is 0 Å². The SMILES string of the molecule is COC(=O)CCCOc1cc([N+](=O)[O-])c(C(C)NC(=O)COCCOCCOCCNC(=O)OC(C)(C)C)cc1OC. The second kappa shape index (κ2) is 19.4. The summed E-state index contributed by atoms with van der Waals surface area (Å²) in [6.07, 6.45) is -0.0172. The number of nitro groups is 1. The Hall–Kier alpha value is -3.69. The molecule has 42 heavy (non-hydrogen) atoms. The maximum Gasteiger partial charge on any atom is 0.407 e. The highest BCUT2D eigenvalue weighted by molar-refractivity contribution is 5.78. The van der Waals surface area contributed by atoms with Gasteiger partial charge in [-0.2, -0.15) is 0 Å². The van der Waals surface area contributed by atoms with Crippen molar-refractivity contribution in [2.75, 3.05) is 67.0 Å². The molecule has 0 fully saturated rings. The predicted molar refractivity (Wildman–Crippen MR) is 150 cm³/mol. The molecule has 15 heteroatoms. The normalized spacial score (nSPS) is 11.8. The molecule has 1 unspecified atom stereocenters. The summed E-state index contributed by atoms with van der Waals surface area (Å²) in [5.74, 6) is -0.477. The lowest BCUT2D eigenvalue weighted by molar-refractivity contribution is -0.385. The Bertz CT molecular complexity index is 1010. The third-order valence-corrected chi connectivity index (χ3v) is 5.26. The lowest BCUT2D eigenvalue weighted by Gasteiger charge is -2.19. The summed E-state index contributed by atoms with van der Waals surface area (Å²) < 4.78 is 36.6. The lowest BCUT2D eigenvalue weighted by Crippen LogP contribution is -2.34. The van der Waals surface area contributed by atoms with Crippen LogP contribution in [0.5, 0.6) is 11.5 Å². The van der Waals surface area contributed by atoms with Gasteiger partial charge in [0.2, 0.25) is 5.91 Å². The monoisotopic (exact) mass is 601 g/mol. The molecule has 1 aromatic carbocycles. The van der Waals surface area contributed by atoms with E-state index in [2.05, 4.69) is 15.4 Å². The number of nitro benzene ring substituents is 1. The second-order valence-electron chi connectivity index (χ2n) is 9.84. The zero-order chi connectivity index (χ0) is 31.5. The van der Waals surface area contributed by atoms with Crippen LogP contribution in [0.15, 0.2) is 12.1 Å². The van der Waals surface area contributed by atoms with E-state index in [0.717, 1.165) is 0 Å². The number of nitrogens with one attached hydrogen (secondary N) is 2. The van der Waals surface area contributed by atoms with Crippen LogP contribution in [0.3, 0.4) is 0 Å². The summed E-state index contributed by atoms with van der Waals surface area (Å²) in [4.78, 5) is 46.3. The molecule has 0 aliphatic carbocycles. The van der Waals surface area contributed by atoms with Gasteiger partial charge in [0.1, 0.15) is 12.2 Å². The molecule has 0 aliphatic heterocycles. The fraction of sp³-hybridized carbons (Fsp3) is 0.667. The van der Waals surface area contributed by atoms with E-state index in [1.807, 2.05) is 0 Å². The van der Waals surface area contributed by atoms with E-state index in [1.54, 1.807) is 27.7 Å². The van der Waals surface area contributed by atoms with E-state index in [0.29, 0.717) is 32.8 Å². The van der Waals surface area contributed by atoms with Crippen molar-refractivity contribution < 1.29 is 52.5 Å². The summed E-state index contributed by atoms with van der Waals surface area (Å²) in [6.45, 7) is 8.38. The van der Waals surface area contributed by atoms with Gasteiger partial charge in [-0.25, -0.2) is 4.79 Å². The molecule has 0 saturated heterocycles. The zero-order valence-electron chi connectivity index (χ0n) is 25.1. The first-order valence-corrected chi connectivity index (χ1v) is 13.4. The van der Waals surface area contributed by atoms with Gasteiger partial charge in [0.15, 0.2) is 11.5 Å². The number of alkyl carbamates (subject to hydrolysis) is 1. The highest BCUT2D eigenvalue weighted by Gasteiger charge is 2.25. The first kappa shape index (κ1) is 36.3. The zero-order valence-corrected chi connectivity index (χ0v) is 25.1. The van der Waals surface area contributed by atoms with Gasteiger partial charge in [0.05, 0.1) is 76.5 Å². The number of nitrogens with zero attached hydrogens (tertiary/aromatic N) is 1. The van der Waals surface area contributed by atoms with Gasteiger partial charge in [0.25, 0.3) is 5.69 Å². The minimum Gasteiger partial charge on any atom is -0.493 e. The van der Waals surface area contributed by atoms with Gasteiger partial charge in [-0.1, -0.05) is 0 Å². The van der Waals surface area contributed by atoms with Crippen LogP contribution in [0.4, 0.5) is 10.5 Å². The molecule has 2 N–H and O–H groups in total. The lowest BCUT2D eigenvalue weighted by atomic mass is 10.0. The average molecular weight is 602 g/mol. The maximum absolute atomic E-state index is 12.3. The first-order chi connectivity index (χ1) is 19.9. The standard InChI is InChI=1S/C27H43N3O12/c1-19(20-16-22(36-5)23(17-21(20)30(34)35)41-10-7-8-25(32)37-6)29-24(31)18-40-15-14-39-13-12-38-11-9-28-26(33)42-27(2,3)4/h16-17,19H,7-15,18H2,1-6H3,(H,28,33)(H,29,31). The number of esters is 1. The highest BCUT2D eigenvalue weighted by atomic mass is 16.6.